The second-order valence-corrected chi connectivity index (χ2v) is 10.8. The highest BCUT2D eigenvalue weighted by Gasteiger charge is 2.28. The summed E-state index contributed by atoms with van der Waals surface area (Å²) in [6, 6.07) is 2.34. The molecule has 2 aliphatic rings. The highest BCUT2D eigenvalue weighted by Crippen LogP contribution is 2.22. The Balaban J connectivity index is 1.53. The van der Waals surface area contributed by atoms with E-state index in [0.717, 1.165) is 65.5 Å². The largest absolute Gasteiger partial charge is 0.417 e. The summed E-state index contributed by atoms with van der Waals surface area (Å²) in [5, 5.41) is 0. The molecule has 6 heteroatoms. The third-order valence-electron chi connectivity index (χ3n) is 4.06. The molecular formula is C16H32O5Si. The smallest absolute Gasteiger partial charge is 0.189 e. The van der Waals surface area contributed by atoms with Crippen LogP contribution in [-0.2, 0) is 23.4 Å². The highest BCUT2D eigenvalue weighted by atomic mass is 28.4. The van der Waals surface area contributed by atoms with Gasteiger partial charge in [0.05, 0.1) is 26.4 Å². The number of rotatable bonds is 15. The molecule has 130 valence electrons. The van der Waals surface area contributed by atoms with E-state index in [1.165, 1.54) is 12.1 Å². The second-order valence-electron chi connectivity index (χ2n) is 6.57. The first kappa shape index (κ1) is 18.4. The molecule has 2 heterocycles. The predicted octanol–water partition coefficient (Wildman–Crippen LogP) is 2.60. The third kappa shape index (κ3) is 8.60. The minimum atomic E-state index is -1.62. The lowest BCUT2D eigenvalue weighted by Gasteiger charge is -2.27. The van der Waals surface area contributed by atoms with Gasteiger partial charge < -0.3 is 23.4 Å². The molecule has 2 saturated heterocycles. The van der Waals surface area contributed by atoms with Crippen LogP contribution in [-0.4, -0.2) is 66.8 Å². The van der Waals surface area contributed by atoms with Crippen LogP contribution in [0.5, 0.6) is 0 Å². The van der Waals surface area contributed by atoms with Crippen LogP contribution in [0.3, 0.4) is 0 Å². The van der Waals surface area contributed by atoms with Gasteiger partial charge in [-0.2, -0.15) is 0 Å². The van der Waals surface area contributed by atoms with E-state index < -0.39 is 8.32 Å². The molecule has 0 spiro atoms. The number of hydrogen-bond donors (Lipinski definition) is 0. The maximum atomic E-state index is 6.24. The molecule has 2 fully saturated rings. The van der Waals surface area contributed by atoms with Crippen LogP contribution >= 0.6 is 0 Å². The maximum absolute atomic E-state index is 6.24. The van der Waals surface area contributed by atoms with E-state index in [1.54, 1.807) is 0 Å². The SMILES string of the molecule is CCCO[Si](C)(CCCOC[C@H]1CO1)CCCOC[C@H]1CO1. The summed E-state index contributed by atoms with van der Waals surface area (Å²) >= 11 is 0. The summed E-state index contributed by atoms with van der Waals surface area (Å²) in [6.07, 6.45) is 4.01. The van der Waals surface area contributed by atoms with Gasteiger partial charge in [0.2, 0.25) is 0 Å². The van der Waals surface area contributed by atoms with E-state index in [1.807, 2.05) is 0 Å². The Morgan fingerprint density at radius 3 is 1.82 bits per heavy atom. The fourth-order valence-electron chi connectivity index (χ4n) is 2.47. The molecule has 0 radical (unpaired) electrons. The van der Waals surface area contributed by atoms with Gasteiger partial charge in [-0.25, -0.2) is 0 Å². The van der Waals surface area contributed by atoms with Crippen molar-refractivity contribution in [2.24, 2.45) is 0 Å². The van der Waals surface area contributed by atoms with Gasteiger partial charge in [0.15, 0.2) is 8.32 Å². The van der Waals surface area contributed by atoms with Crippen molar-refractivity contribution in [3.63, 3.8) is 0 Å². The molecule has 2 aliphatic heterocycles. The lowest BCUT2D eigenvalue weighted by atomic mass is 10.5. The minimum Gasteiger partial charge on any atom is -0.417 e. The van der Waals surface area contributed by atoms with Crippen LogP contribution < -0.4 is 0 Å². The average Bonchev–Trinajstić information content (AvgIpc) is 3.38. The molecule has 2 rings (SSSR count). The summed E-state index contributed by atoms with van der Waals surface area (Å²) in [7, 11) is -1.62. The molecule has 0 aromatic heterocycles. The quantitative estimate of drug-likeness (QED) is 0.262. The summed E-state index contributed by atoms with van der Waals surface area (Å²) < 4.78 is 27.8. The Kier molecular flexibility index (Phi) is 8.35. The van der Waals surface area contributed by atoms with Crippen molar-refractivity contribution in [1.82, 2.24) is 0 Å². The summed E-state index contributed by atoms with van der Waals surface area (Å²) in [4.78, 5) is 0. The summed E-state index contributed by atoms with van der Waals surface area (Å²) in [5.41, 5.74) is 0. The van der Waals surface area contributed by atoms with Crippen molar-refractivity contribution >= 4 is 8.32 Å². The van der Waals surface area contributed by atoms with E-state index in [9.17, 15) is 0 Å². The summed E-state index contributed by atoms with van der Waals surface area (Å²) in [5.74, 6) is 0. The van der Waals surface area contributed by atoms with E-state index in [0.29, 0.717) is 12.2 Å². The van der Waals surface area contributed by atoms with Gasteiger partial charge in [-0.1, -0.05) is 6.92 Å². The van der Waals surface area contributed by atoms with Gasteiger partial charge in [-0.05, 0) is 37.9 Å². The minimum absolute atomic E-state index is 0.368. The van der Waals surface area contributed by atoms with Crippen molar-refractivity contribution in [3.05, 3.63) is 0 Å². The molecule has 5 nitrogen and oxygen atoms in total. The van der Waals surface area contributed by atoms with Crippen molar-refractivity contribution in [2.45, 2.75) is 57.0 Å². The third-order valence-corrected chi connectivity index (χ3v) is 7.78. The number of ether oxygens (including phenoxy) is 4. The Labute approximate surface area is 135 Å². The highest BCUT2D eigenvalue weighted by molar-refractivity contribution is 6.72. The number of hydrogen-bond acceptors (Lipinski definition) is 5. The molecule has 0 saturated carbocycles. The molecule has 0 unspecified atom stereocenters. The molecule has 0 bridgehead atoms. The number of epoxide rings is 2. The van der Waals surface area contributed by atoms with Crippen LogP contribution in [0.25, 0.3) is 0 Å². The first-order valence-electron chi connectivity index (χ1n) is 8.74. The van der Waals surface area contributed by atoms with Gasteiger partial charge in [-0.15, -0.1) is 0 Å². The normalized spacial score (nSPS) is 23.7. The fourth-order valence-corrected chi connectivity index (χ4v) is 5.49. The zero-order chi connectivity index (χ0) is 15.7. The van der Waals surface area contributed by atoms with E-state index >= 15 is 0 Å². The second kappa shape index (κ2) is 10.0. The van der Waals surface area contributed by atoms with Crippen molar-refractivity contribution in [1.29, 1.82) is 0 Å². The van der Waals surface area contributed by atoms with E-state index in [2.05, 4.69) is 13.5 Å². The molecule has 0 aliphatic carbocycles. The van der Waals surface area contributed by atoms with Gasteiger partial charge in [0, 0.05) is 19.8 Å². The molecule has 22 heavy (non-hydrogen) atoms. The fraction of sp³-hybridized carbons (Fsp3) is 1.00. The Hall–Kier alpha value is 0.0169. The molecular weight excluding hydrogens is 300 g/mol. The molecule has 0 aromatic rings. The topological polar surface area (TPSA) is 52.8 Å². The molecule has 2 atom stereocenters. The Bertz CT molecular complexity index is 272. The van der Waals surface area contributed by atoms with Crippen LogP contribution in [0, 0.1) is 0 Å². The summed E-state index contributed by atoms with van der Waals surface area (Å²) in [6.45, 7) is 10.3. The molecule has 0 aromatic carbocycles. The van der Waals surface area contributed by atoms with Crippen LogP contribution in [0.15, 0.2) is 0 Å². The maximum Gasteiger partial charge on any atom is 0.189 e. The van der Waals surface area contributed by atoms with E-state index in [-0.39, 0.29) is 0 Å². The van der Waals surface area contributed by atoms with Crippen LogP contribution in [0.2, 0.25) is 18.6 Å². The monoisotopic (exact) mass is 332 g/mol. The van der Waals surface area contributed by atoms with Crippen molar-refractivity contribution in [2.75, 3.05) is 46.2 Å². The Morgan fingerprint density at radius 2 is 1.41 bits per heavy atom. The van der Waals surface area contributed by atoms with Crippen LogP contribution in [0.4, 0.5) is 0 Å². The van der Waals surface area contributed by atoms with Gasteiger partial charge in [0.1, 0.15) is 12.2 Å². The van der Waals surface area contributed by atoms with Gasteiger partial charge in [-0.3, -0.25) is 0 Å². The first-order valence-corrected chi connectivity index (χ1v) is 11.6. The predicted molar refractivity (Wildman–Crippen MR) is 87.8 cm³/mol. The average molecular weight is 333 g/mol. The van der Waals surface area contributed by atoms with Gasteiger partial charge in [0.25, 0.3) is 0 Å². The standard InChI is InChI=1S/C16H32O5Si/c1-3-6-21-22(2,9-4-7-17-11-15-13-19-15)10-5-8-18-12-16-14-20-16/h15-16H,3-14H2,1-2H3/t15-,16-/m0/s1. The molecule has 0 N–H and O–H groups in total. The Morgan fingerprint density at radius 1 is 0.909 bits per heavy atom. The van der Waals surface area contributed by atoms with Crippen molar-refractivity contribution < 1.29 is 23.4 Å². The molecule has 0 amide bonds. The lowest BCUT2D eigenvalue weighted by Crippen LogP contribution is -2.35. The van der Waals surface area contributed by atoms with Gasteiger partial charge >= 0.3 is 0 Å². The zero-order valence-corrected chi connectivity index (χ0v) is 15.2. The van der Waals surface area contributed by atoms with E-state index in [4.69, 9.17) is 23.4 Å². The van der Waals surface area contributed by atoms with Crippen LogP contribution in [0.1, 0.15) is 26.2 Å². The zero-order valence-electron chi connectivity index (χ0n) is 14.2. The van der Waals surface area contributed by atoms with Crippen molar-refractivity contribution in [3.8, 4) is 0 Å². The lowest BCUT2D eigenvalue weighted by molar-refractivity contribution is 0.114. The first-order chi connectivity index (χ1) is 10.7.